The zero-order valence-corrected chi connectivity index (χ0v) is 11.5. The van der Waals surface area contributed by atoms with E-state index in [0.29, 0.717) is 0 Å². The number of likely N-dealkylation sites (tertiary alicyclic amines) is 1. The van der Waals surface area contributed by atoms with Crippen LogP contribution < -0.4 is 0 Å². The molecule has 1 aliphatic heterocycles. The van der Waals surface area contributed by atoms with Crippen molar-refractivity contribution in [3.63, 3.8) is 0 Å². The van der Waals surface area contributed by atoms with Gasteiger partial charge in [0, 0.05) is 7.11 Å². The number of ether oxygens (including phenoxy) is 1. The lowest BCUT2D eigenvalue weighted by Gasteiger charge is -2.14. The third-order valence-corrected chi connectivity index (χ3v) is 3.76. The Morgan fingerprint density at radius 1 is 1.00 bits per heavy atom. The first-order valence-electron chi connectivity index (χ1n) is 7.17. The van der Waals surface area contributed by atoms with Gasteiger partial charge in [-0.15, -0.1) is 0 Å². The van der Waals surface area contributed by atoms with Crippen molar-refractivity contribution in [1.29, 1.82) is 0 Å². The van der Waals surface area contributed by atoms with Crippen molar-refractivity contribution in [3.05, 3.63) is 35.4 Å². The zero-order chi connectivity index (χ0) is 12.6. The fraction of sp³-hybridized carbons (Fsp3) is 0.625. The molecule has 1 aromatic rings. The van der Waals surface area contributed by atoms with Gasteiger partial charge < -0.3 is 9.64 Å². The van der Waals surface area contributed by atoms with Crippen LogP contribution in [0, 0.1) is 0 Å². The Labute approximate surface area is 111 Å². The topological polar surface area (TPSA) is 12.5 Å². The predicted octanol–water partition coefficient (Wildman–Crippen LogP) is 2.90. The van der Waals surface area contributed by atoms with Gasteiger partial charge in [-0.25, -0.2) is 0 Å². The second-order valence-electron chi connectivity index (χ2n) is 5.21. The average Bonchev–Trinajstić information content (AvgIpc) is 2.91. The molecule has 0 radical (unpaired) electrons. The summed E-state index contributed by atoms with van der Waals surface area (Å²) in [5.41, 5.74) is 2.84. The molecule has 0 unspecified atom stereocenters. The van der Waals surface area contributed by atoms with Crippen molar-refractivity contribution in [2.24, 2.45) is 0 Å². The first-order chi connectivity index (χ1) is 8.88. The van der Waals surface area contributed by atoms with Crippen LogP contribution in [-0.2, 0) is 17.6 Å². The van der Waals surface area contributed by atoms with E-state index in [4.69, 9.17) is 4.74 Å². The molecule has 1 fully saturated rings. The second kappa shape index (κ2) is 7.55. The van der Waals surface area contributed by atoms with Gasteiger partial charge in [0.1, 0.15) is 0 Å². The Morgan fingerprint density at radius 2 is 1.61 bits per heavy atom. The quantitative estimate of drug-likeness (QED) is 0.734. The van der Waals surface area contributed by atoms with Crippen LogP contribution in [-0.4, -0.2) is 38.3 Å². The monoisotopic (exact) mass is 247 g/mol. The smallest absolute Gasteiger partial charge is 0.0502 e. The number of rotatable bonds is 7. The Hall–Kier alpha value is -0.860. The first kappa shape index (κ1) is 13.6. The molecule has 0 amide bonds. The van der Waals surface area contributed by atoms with Gasteiger partial charge >= 0.3 is 0 Å². The summed E-state index contributed by atoms with van der Waals surface area (Å²) in [6.07, 6.45) is 6.31. The van der Waals surface area contributed by atoms with Gasteiger partial charge in [-0.05, 0) is 62.9 Å². The SMILES string of the molecule is COCCc1ccc(CCCN2CCCC2)cc1. The van der Waals surface area contributed by atoms with E-state index >= 15 is 0 Å². The molecule has 2 heteroatoms. The highest BCUT2D eigenvalue weighted by Gasteiger charge is 2.10. The zero-order valence-electron chi connectivity index (χ0n) is 11.5. The molecular weight excluding hydrogens is 222 g/mol. The van der Waals surface area contributed by atoms with E-state index in [9.17, 15) is 0 Å². The summed E-state index contributed by atoms with van der Waals surface area (Å²) in [7, 11) is 1.76. The van der Waals surface area contributed by atoms with Gasteiger partial charge in [0.05, 0.1) is 6.61 Å². The van der Waals surface area contributed by atoms with Crippen molar-refractivity contribution in [2.75, 3.05) is 33.4 Å². The van der Waals surface area contributed by atoms with Crippen LogP contribution in [0.3, 0.4) is 0 Å². The number of nitrogens with zero attached hydrogens (tertiary/aromatic N) is 1. The van der Waals surface area contributed by atoms with Crippen LogP contribution in [0.25, 0.3) is 0 Å². The lowest BCUT2D eigenvalue weighted by atomic mass is 10.1. The third-order valence-electron chi connectivity index (χ3n) is 3.76. The maximum absolute atomic E-state index is 5.09. The molecule has 0 aliphatic carbocycles. The highest BCUT2D eigenvalue weighted by molar-refractivity contribution is 5.22. The van der Waals surface area contributed by atoms with Crippen LogP contribution in [0.4, 0.5) is 0 Å². The molecule has 1 saturated heterocycles. The van der Waals surface area contributed by atoms with E-state index in [-0.39, 0.29) is 0 Å². The Balaban J connectivity index is 1.68. The number of hydrogen-bond donors (Lipinski definition) is 0. The molecule has 1 heterocycles. The van der Waals surface area contributed by atoms with Crippen LogP contribution in [0.1, 0.15) is 30.4 Å². The normalized spacial score (nSPS) is 16.3. The largest absolute Gasteiger partial charge is 0.384 e. The van der Waals surface area contributed by atoms with Crippen LogP contribution in [0.5, 0.6) is 0 Å². The molecule has 0 atom stereocenters. The molecule has 1 aromatic carbocycles. The minimum absolute atomic E-state index is 0.814. The molecule has 0 N–H and O–H groups in total. The Bertz CT molecular complexity index is 327. The molecule has 0 bridgehead atoms. The maximum Gasteiger partial charge on any atom is 0.0502 e. The minimum atomic E-state index is 0.814. The van der Waals surface area contributed by atoms with Crippen molar-refractivity contribution < 1.29 is 4.74 Å². The van der Waals surface area contributed by atoms with Gasteiger partial charge in [-0.1, -0.05) is 24.3 Å². The number of methoxy groups -OCH3 is 1. The van der Waals surface area contributed by atoms with E-state index in [0.717, 1.165) is 13.0 Å². The molecule has 2 rings (SSSR count). The summed E-state index contributed by atoms with van der Waals surface area (Å²) >= 11 is 0. The summed E-state index contributed by atoms with van der Waals surface area (Å²) in [4.78, 5) is 2.59. The number of benzene rings is 1. The maximum atomic E-state index is 5.09. The molecule has 0 spiro atoms. The molecule has 0 saturated carbocycles. The van der Waals surface area contributed by atoms with E-state index in [1.807, 2.05) is 0 Å². The molecular formula is C16H25NO. The van der Waals surface area contributed by atoms with Gasteiger partial charge in [0.25, 0.3) is 0 Å². The van der Waals surface area contributed by atoms with Gasteiger partial charge in [-0.3, -0.25) is 0 Å². The molecule has 2 nitrogen and oxygen atoms in total. The molecule has 0 aromatic heterocycles. The van der Waals surface area contributed by atoms with Crippen LogP contribution >= 0.6 is 0 Å². The van der Waals surface area contributed by atoms with E-state index in [1.54, 1.807) is 7.11 Å². The lowest BCUT2D eigenvalue weighted by molar-refractivity contribution is 0.202. The van der Waals surface area contributed by atoms with Crippen LogP contribution in [0.2, 0.25) is 0 Å². The summed E-state index contributed by atoms with van der Waals surface area (Å²) < 4.78 is 5.09. The highest BCUT2D eigenvalue weighted by Crippen LogP contribution is 2.11. The predicted molar refractivity (Wildman–Crippen MR) is 76.0 cm³/mol. The van der Waals surface area contributed by atoms with Crippen molar-refractivity contribution in [3.8, 4) is 0 Å². The fourth-order valence-electron chi connectivity index (χ4n) is 2.61. The molecule has 100 valence electrons. The van der Waals surface area contributed by atoms with E-state index in [1.165, 1.54) is 56.4 Å². The Morgan fingerprint density at radius 3 is 2.22 bits per heavy atom. The average molecular weight is 247 g/mol. The Kier molecular flexibility index (Phi) is 5.69. The second-order valence-corrected chi connectivity index (χ2v) is 5.21. The van der Waals surface area contributed by atoms with Gasteiger partial charge in [0.15, 0.2) is 0 Å². The van der Waals surface area contributed by atoms with Crippen molar-refractivity contribution >= 4 is 0 Å². The number of hydrogen-bond acceptors (Lipinski definition) is 2. The molecule has 1 aliphatic rings. The van der Waals surface area contributed by atoms with Crippen molar-refractivity contribution in [2.45, 2.75) is 32.1 Å². The minimum Gasteiger partial charge on any atom is -0.384 e. The van der Waals surface area contributed by atoms with Crippen LogP contribution in [0.15, 0.2) is 24.3 Å². The van der Waals surface area contributed by atoms with Gasteiger partial charge in [-0.2, -0.15) is 0 Å². The number of aryl methyl sites for hydroxylation is 1. The first-order valence-corrected chi connectivity index (χ1v) is 7.17. The summed E-state index contributed by atoms with van der Waals surface area (Å²) in [5, 5.41) is 0. The fourth-order valence-corrected chi connectivity index (χ4v) is 2.61. The lowest BCUT2D eigenvalue weighted by Crippen LogP contribution is -2.20. The summed E-state index contributed by atoms with van der Waals surface area (Å²) in [6, 6.07) is 9.03. The third kappa shape index (κ3) is 4.43. The summed E-state index contributed by atoms with van der Waals surface area (Å²) in [5.74, 6) is 0. The van der Waals surface area contributed by atoms with E-state index < -0.39 is 0 Å². The van der Waals surface area contributed by atoms with E-state index in [2.05, 4.69) is 29.2 Å². The summed E-state index contributed by atoms with van der Waals surface area (Å²) in [6.45, 7) is 4.71. The van der Waals surface area contributed by atoms with Gasteiger partial charge in [0.2, 0.25) is 0 Å². The highest BCUT2D eigenvalue weighted by atomic mass is 16.5. The standard InChI is InChI=1S/C16H25NO/c1-18-14-10-16-8-6-15(7-9-16)5-4-13-17-11-2-3-12-17/h6-9H,2-5,10-14H2,1H3. The molecule has 18 heavy (non-hydrogen) atoms. The van der Waals surface area contributed by atoms with Crippen molar-refractivity contribution in [1.82, 2.24) is 4.90 Å².